The van der Waals surface area contributed by atoms with Crippen LogP contribution >= 0.6 is 0 Å². The predicted octanol–water partition coefficient (Wildman–Crippen LogP) is 3.65. The normalized spacial score (nSPS) is 24.6. The van der Waals surface area contributed by atoms with E-state index < -0.39 is 36.2 Å². The molecular weight excluding hydrogens is 252 g/mol. The zero-order chi connectivity index (χ0) is 13.6. The van der Waals surface area contributed by atoms with Crippen molar-refractivity contribution in [1.82, 2.24) is 0 Å². The molecule has 0 radical (unpaired) electrons. The lowest BCUT2D eigenvalue weighted by Crippen LogP contribution is -2.41. The van der Waals surface area contributed by atoms with Gasteiger partial charge in [0.2, 0.25) is 0 Å². The molecule has 0 N–H and O–H groups in total. The van der Waals surface area contributed by atoms with E-state index in [2.05, 4.69) is 0 Å². The summed E-state index contributed by atoms with van der Waals surface area (Å²) in [5, 5.41) is 0. The molecule has 18 heavy (non-hydrogen) atoms. The summed E-state index contributed by atoms with van der Waals surface area (Å²) >= 11 is 0. The van der Waals surface area contributed by atoms with Crippen molar-refractivity contribution >= 4 is 0 Å². The van der Waals surface area contributed by atoms with E-state index in [0.717, 1.165) is 0 Å². The van der Waals surface area contributed by atoms with Crippen molar-refractivity contribution in [2.75, 3.05) is 13.2 Å². The number of halogens is 4. The van der Waals surface area contributed by atoms with Crippen molar-refractivity contribution in [2.45, 2.75) is 38.5 Å². The molecule has 0 bridgehead atoms. The molecule has 2 aliphatic carbocycles. The summed E-state index contributed by atoms with van der Waals surface area (Å²) in [6.45, 7) is 3.32. The van der Waals surface area contributed by atoms with Crippen molar-refractivity contribution in [3.63, 3.8) is 0 Å². The lowest BCUT2D eigenvalue weighted by Gasteiger charge is -2.40. The van der Waals surface area contributed by atoms with Gasteiger partial charge in [0, 0.05) is 24.0 Å². The van der Waals surface area contributed by atoms with Gasteiger partial charge in [0.15, 0.2) is 11.5 Å². The van der Waals surface area contributed by atoms with E-state index in [1.165, 1.54) is 0 Å². The topological polar surface area (TPSA) is 18.5 Å². The van der Waals surface area contributed by atoms with Gasteiger partial charge in [-0.05, 0) is 13.8 Å². The fraction of sp³-hybridized carbons (Fsp3) is 0.667. The zero-order valence-corrected chi connectivity index (χ0v) is 10.2. The summed E-state index contributed by atoms with van der Waals surface area (Å²) < 4.78 is 62.6. The van der Waals surface area contributed by atoms with Crippen LogP contribution in [-0.4, -0.2) is 25.1 Å². The monoisotopic (exact) mass is 266 g/mol. The van der Waals surface area contributed by atoms with Crippen LogP contribution in [0.1, 0.15) is 26.7 Å². The molecule has 0 aromatic rings. The van der Waals surface area contributed by atoms with Gasteiger partial charge in [0.1, 0.15) is 0 Å². The number of hydrogen-bond acceptors (Lipinski definition) is 2. The molecule has 0 heterocycles. The first-order valence-electron chi connectivity index (χ1n) is 5.82. The molecule has 2 rings (SSSR count). The van der Waals surface area contributed by atoms with Gasteiger partial charge in [-0.2, -0.15) is 17.6 Å². The minimum absolute atomic E-state index is 0.0854. The van der Waals surface area contributed by atoms with Gasteiger partial charge < -0.3 is 9.47 Å². The maximum Gasteiger partial charge on any atom is 0.308 e. The molecule has 0 aliphatic heterocycles. The van der Waals surface area contributed by atoms with Crippen LogP contribution in [0.3, 0.4) is 0 Å². The molecule has 0 amide bonds. The highest BCUT2D eigenvalue weighted by Crippen LogP contribution is 2.55. The number of alkyl halides is 4. The first-order chi connectivity index (χ1) is 8.33. The third-order valence-corrected chi connectivity index (χ3v) is 2.95. The summed E-state index contributed by atoms with van der Waals surface area (Å²) in [6, 6.07) is 0. The second kappa shape index (κ2) is 4.17. The number of rotatable bonds is 5. The molecule has 2 nitrogen and oxygen atoms in total. The molecule has 0 saturated carbocycles. The van der Waals surface area contributed by atoms with Crippen molar-refractivity contribution in [3.05, 3.63) is 22.7 Å². The SMILES string of the molecule is CCOC1=C(C2=C(OCC)C(F)(F)C2)CC1(F)F. The van der Waals surface area contributed by atoms with Gasteiger partial charge in [-0.25, -0.2) is 0 Å². The summed E-state index contributed by atoms with van der Waals surface area (Å²) in [5.74, 6) is -7.04. The average molecular weight is 266 g/mol. The maximum atomic E-state index is 13.2. The molecular formula is C12H14F4O2. The maximum absolute atomic E-state index is 13.2. The van der Waals surface area contributed by atoms with Crippen LogP contribution in [0.4, 0.5) is 17.6 Å². The van der Waals surface area contributed by atoms with E-state index in [1.54, 1.807) is 13.8 Å². The number of ether oxygens (including phenoxy) is 2. The van der Waals surface area contributed by atoms with Crippen molar-refractivity contribution < 1.29 is 27.0 Å². The Bertz CT molecular complexity index is 384. The minimum atomic E-state index is -3.04. The fourth-order valence-electron chi connectivity index (χ4n) is 2.15. The molecule has 2 aliphatic rings. The lowest BCUT2D eigenvalue weighted by molar-refractivity contribution is -0.0647. The van der Waals surface area contributed by atoms with Crippen molar-refractivity contribution in [3.8, 4) is 0 Å². The summed E-state index contributed by atoms with van der Waals surface area (Å²) in [5.41, 5.74) is 0.354. The Hall–Kier alpha value is -1.20. The fourth-order valence-corrected chi connectivity index (χ4v) is 2.15. The first kappa shape index (κ1) is 13.2. The van der Waals surface area contributed by atoms with Gasteiger partial charge in [-0.15, -0.1) is 0 Å². The highest BCUT2D eigenvalue weighted by Gasteiger charge is 2.57. The minimum Gasteiger partial charge on any atom is -0.492 e. The van der Waals surface area contributed by atoms with Gasteiger partial charge in [-0.1, -0.05) is 0 Å². The Kier molecular flexibility index (Phi) is 3.07. The van der Waals surface area contributed by atoms with Gasteiger partial charge >= 0.3 is 11.8 Å². The largest absolute Gasteiger partial charge is 0.492 e. The molecule has 0 atom stereocenters. The van der Waals surface area contributed by atoms with E-state index >= 15 is 0 Å². The summed E-state index contributed by atoms with van der Waals surface area (Å²) in [6.07, 6.45) is -1.10. The van der Waals surface area contributed by atoms with Crippen LogP contribution in [-0.2, 0) is 9.47 Å². The van der Waals surface area contributed by atoms with Crippen LogP contribution in [0.25, 0.3) is 0 Å². The van der Waals surface area contributed by atoms with E-state index in [-0.39, 0.29) is 24.4 Å². The molecule has 0 fully saturated rings. The zero-order valence-electron chi connectivity index (χ0n) is 10.2. The van der Waals surface area contributed by atoms with Crippen LogP contribution in [0, 0.1) is 0 Å². The Morgan fingerprint density at radius 1 is 0.833 bits per heavy atom. The summed E-state index contributed by atoms with van der Waals surface area (Å²) in [7, 11) is 0. The molecule has 0 saturated heterocycles. The Morgan fingerprint density at radius 3 is 1.39 bits per heavy atom. The van der Waals surface area contributed by atoms with Crippen LogP contribution in [0.2, 0.25) is 0 Å². The Morgan fingerprint density at radius 2 is 1.17 bits per heavy atom. The molecule has 0 unspecified atom stereocenters. The molecule has 0 aromatic carbocycles. The first-order valence-corrected chi connectivity index (χ1v) is 5.82. The van der Waals surface area contributed by atoms with E-state index in [4.69, 9.17) is 9.47 Å². The average Bonchev–Trinajstić information content (AvgIpc) is 2.28. The second-order valence-corrected chi connectivity index (χ2v) is 4.24. The Balaban J connectivity index is 2.32. The van der Waals surface area contributed by atoms with E-state index in [9.17, 15) is 17.6 Å². The third kappa shape index (κ3) is 1.87. The van der Waals surface area contributed by atoms with E-state index in [0.29, 0.717) is 0 Å². The number of hydrogen-bond donors (Lipinski definition) is 0. The van der Waals surface area contributed by atoms with Crippen LogP contribution in [0.5, 0.6) is 0 Å². The third-order valence-electron chi connectivity index (χ3n) is 2.95. The van der Waals surface area contributed by atoms with Crippen molar-refractivity contribution in [2.24, 2.45) is 0 Å². The highest BCUT2D eigenvalue weighted by molar-refractivity contribution is 5.52. The van der Waals surface area contributed by atoms with Gasteiger partial charge in [0.05, 0.1) is 13.2 Å². The molecule has 6 heteroatoms. The quantitative estimate of drug-likeness (QED) is 0.707. The predicted molar refractivity (Wildman–Crippen MR) is 56.4 cm³/mol. The summed E-state index contributed by atoms with van der Waals surface area (Å²) in [4.78, 5) is 0. The highest BCUT2D eigenvalue weighted by atomic mass is 19.3. The smallest absolute Gasteiger partial charge is 0.308 e. The molecule has 0 aromatic heterocycles. The van der Waals surface area contributed by atoms with E-state index in [1.807, 2.05) is 0 Å². The molecule has 102 valence electrons. The second-order valence-electron chi connectivity index (χ2n) is 4.24. The number of allylic oxidation sites excluding steroid dienone is 4. The molecule has 0 spiro atoms. The Labute approximate surface area is 102 Å². The van der Waals surface area contributed by atoms with Crippen LogP contribution < -0.4 is 0 Å². The van der Waals surface area contributed by atoms with Gasteiger partial charge in [-0.3, -0.25) is 0 Å². The van der Waals surface area contributed by atoms with Crippen molar-refractivity contribution in [1.29, 1.82) is 0 Å². The van der Waals surface area contributed by atoms with Gasteiger partial charge in [0.25, 0.3) is 0 Å². The standard InChI is InChI=1S/C12H14F4O2/c1-3-17-9-7(5-11(9,13)14)8-6-12(15,16)10(8)18-4-2/h3-6H2,1-2H3. The van der Waals surface area contributed by atoms with Crippen LogP contribution in [0.15, 0.2) is 22.7 Å². The lowest BCUT2D eigenvalue weighted by atomic mass is 9.77.